The molecule has 0 aliphatic heterocycles. The van der Waals surface area contributed by atoms with Gasteiger partial charge in [0, 0.05) is 6.54 Å². The van der Waals surface area contributed by atoms with E-state index in [2.05, 4.69) is 29.6 Å². The number of hydrogen-bond donors (Lipinski definition) is 1. The van der Waals surface area contributed by atoms with Crippen molar-refractivity contribution in [2.24, 2.45) is 0 Å². The van der Waals surface area contributed by atoms with Gasteiger partial charge in [-0.25, -0.2) is 0 Å². The van der Waals surface area contributed by atoms with Crippen LogP contribution in [0.2, 0.25) is 0 Å². The molecule has 134 valence electrons. The van der Waals surface area contributed by atoms with Crippen molar-refractivity contribution in [3.05, 3.63) is 72.3 Å². The molecule has 4 heteroatoms. The van der Waals surface area contributed by atoms with E-state index < -0.39 is 6.10 Å². The Morgan fingerprint density at radius 3 is 2.35 bits per heavy atom. The molecule has 0 bridgehead atoms. The molecule has 3 rings (SSSR count). The summed E-state index contributed by atoms with van der Waals surface area (Å²) in [7, 11) is 1.62. The van der Waals surface area contributed by atoms with Crippen molar-refractivity contribution in [2.75, 3.05) is 7.11 Å². The lowest BCUT2D eigenvalue weighted by Crippen LogP contribution is -2.37. The summed E-state index contributed by atoms with van der Waals surface area (Å²) in [5, 5.41) is 5.33. The van der Waals surface area contributed by atoms with Crippen LogP contribution in [0.3, 0.4) is 0 Å². The van der Waals surface area contributed by atoms with Crippen LogP contribution in [0.4, 0.5) is 0 Å². The molecule has 0 fully saturated rings. The van der Waals surface area contributed by atoms with Gasteiger partial charge in [0.25, 0.3) is 5.91 Å². The van der Waals surface area contributed by atoms with Gasteiger partial charge in [0.2, 0.25) is 0 Å². The number of nitrogens with one attached hydrogen (secondary N) is 1. The van der Waals surface area contributed by atoms with Crippen LogP contribution >= 0.6 is 0 Å². The van der Waals surface area contributed by atoms with Gasteiger partial charge in [-0.1, -0.05) is 43.3 Å². The Hall–Kier alpha value is -3.01. The van der Waals surface area contributed by atoms with E-state index >= 15 is 0 Å². The van der Waals surface area contributed by atoms with Crippen LogP contribution in [0.5, 0.6) is 11.5 Å². The molecule has 0 heterocycles. The Bertz CT molecular complexity index is 874. The van der Waals surface area contributed by atoms with E-state index in [9.17, 15) is 4.79 Å². The highest BCUT2D eigenvalue weighted by atomic mass is 16.5. The van der Waals surface area contributed by atoms with Crippen molar-refractivity contribution >= 4 is 16.7 Å². The zero-order valence-corrected chi connectivity index (χ0v) is 15.1. The first kappa shape index (κ1) is 17.8. The highest BCUT2D eigenvalue weighted by Crippen LogP contribution is 2.19. The second-order valence-electron chi connectivity index (χ2n) is 6.09. The fraction of sp³-hybridized carbons (Fsp3) is 0.227. The fourth-order valence-corrected chi connectivity index (χ4v) is 2.79. The molecule has 0 aliphatic rings. The van der Waals surface area contributed by atoms with E-state index in [1.54, 1.807) is 19.2 Å². The molecule has 0 unspecified atom stereocenters. The van der Waals surface area contributed by atoms with Crippen molar-refractivity contribution in [3.63, 3.8) is 0 Å². The Balaban J connectivity index is 1.60. The van der Waals surface area contributed by atoms with E-state index in [1.807, 2.05) is 37.3 Å². The van der Waals surface area contributed by atoms with Crippen molar-refractivity contribution in [1.29, 1.82) is 0 Å². The van der Waals surface area contributed by atoms with Gasteiger partial charge in [-0.15, -0.1) is 0 Å². The Labute approximate surface area is 153 Å². The number of amides is 1. The molecule has 26 heavy (non-hydrogen) atoms. The zero-order chi connectivity index (χ0) is 18.4. The number of rotatable bonds is 7. The number of fused-ring (bicyclic) bond motifs is 1. The molecule has 1 N–H and O–H groups in total. The van der Waals surface area contributed by atoms with Gasteiger partial charge < -0.3 is 14.8 Å². The summed E-state index contributed by atoms with van der Waals surface area (Å²) in [5.41, 5.74) is 1.07. The van der Waals surface area contributed by atoms with Gasteiger partial charge in [0.1, 0.15) is 11.5 Å². The molecule has 1 amide bonds. The quantitative estimate of drug-likeness (QED) is 0.691. The molecule has 3 aromatic carbocycles. The largest absolute Gasteiger partial charge is 0.497 e. The molecule has 0 saturated carbocycles. The van der Waals surface area contributed by atoms with Crippen LogP contribution in [0, 0.1) is 0 Å². The summed E-state index contributed by atoms with van der Waals surface area (Å²) < 4.78 is 10.9. The molecule has 0 spiro atoms. The lowest BCUT2D eigenvalue weighted by atomic mass is 10.1. The van der Waals surface area contributed by atoms with E-state index in [4.69, 9.17) is 9.47 Å². The summed E-state index contributed by atoms with van der Waals surface area (Å²) in [6.45, 7) is 2.41. The van der Waals surface area contributed by atoms with Crippen LogP contribution in [-0.2, 0) is 11.3 Å². The van der Waals surface area contributed by atoms with Gasteiger partial charge in [-0.05, 0) is 53.1 Å². The van der Waals surface area contributed by atoms with Gasteiger partial charge in [-0.3, -0.25) is 4.79 Å². The number of carbonyl (C=O) groups excluding carboxylic acids is 1. The summed E-state index contributed by atoms with van der Waals surface area (Å²) >= 11 is 0. The average Bonchev–Trinajstić information content (AvgIpc) is 2.70. The lowest BCUT2D eigenvalue weighted by Gasteiger charge is -2.17. The molecule has 0 saturated heterocycles. The van der Waals surface area contributed by atoms with Crippen molar-refractivity contribution in [1.82, 2.24) is 5.32 Å². The molecule has 1 atom stereocenters. The molecule has 3 aromatic rings. The summed E-state index contributed by atoms with van der Waals surface area (Å²) in [6.07, 6.45) is 0.0686. The third-order valence-corrected chi connectivity index (χ3v) is 4.28. The third kappa shape index (κ3) is 4.33. The first-order valence-corrected chi connectivity index (χ1v) is 8.75. The Morgan fingerprint density at radius 1 is 0.962 bits per heavy atom. The van der Waals surface area contributed by atoms with E-state index in [0.29, 0.717) is 18.7 Å². The molecule has 0 aliphatic carbocycles. The van der Waals surface area contributed by atoms with E-state index in [1.165, 1.54) is 10.8 Å². The average molecular weight is 349 g/mol. The lowest BCUT2D eigenvalue weighted by molar-refractivity contribution is -0.128. The summed E-state index contributed by atoms with van der Waals surface area (Å²) in [6, 6.07) is 21.6. The standard InChI is InChI=1S/C22H23NO3/c1-3-21(26-20-12-10-19(25-2)11-13-20)22(24)23-15-16-8-9-17-6-4-5-7-18(17)14-16/h4-14,21H,3,15H2,1-2H3,(H,23,24)/t21-/m0/s1. The topological polar surface area (TPSA) is 47.6 Å². The maximum Gasteiger partial charge on any atom is 0.261 e. The maximum atomic E-state index is 12.5. The number of methoxy groups -OCH3 is 1. The molecule has 0 aromatic heterocycles. The van der Waals surface area contributed by atoms with Gasteiger partial charge in [0.15, 0.2) is 6.10 Å². The van der Waals surface area contributed by atoms with Crippen LogP contribution in [0.1, 0.15) is 18.9 Å². The Morgan fingerprint density at radius 2 is 1.65 bits per heavy atom. The Kier molecular flexibility index (Phi) is 5.74. The highest BCUT2D eigenvalue weighted by Gasteiger charge is 2.18. The zero-order valence-electron chi connectivity index (χ0n) is 15.1. The van der Waals surface area contributed by atoms with Crippen molar-refractivity contribution in [2.45, 2.75) is 26.0 Å². The fourth-order valence-electron chi connectivity index (χ4n) is 2.79. The second kappa shape index (κ2) is 8.39. The summed E-state index contributed by atoms with van der Waals surface area (Å²) in [5.74, 6) is 1.29. The minimum atomic E-state index is -0.524. The smallest absolute Gasteiger partial charge is 0.261 e. The molecular weight excluding hydrogens is 326 g/mol. The van der Waals surface area contributed by atoms with Crippen LogP contribution in [0.15, 0.2) is 66.7 Å². The monoisotopic (exact) mass is 349 g/mol. The molecule has 4 nitrogen and oxygen atoms in total. The van der Waals surface area contributed by atoms with Crippen molar-refractivity contribution in [3.8, 4) is 11.5 Å². The minimum Gasteiger partial charge on any atom is -0.497 e. The third-order valence-electron chi connectivity index (χ3n) is 4.28. The highest BCUT2D eigenvalue weighted by molar-refractivity contribution is 5.83. The number of benzene rings is 3. The van der Waals surface area contributed by atoms with Crippen LogP contribution in [-0.4, -0.2) is 19.1 Å². The normalized spacial score (nSPS) is 11.8. The number of hydrogen-bond acceptors (Lipinski definition) is 3. The first-order chi connectivity index (χ1) is 12.7. The molecule has 0 radical (unpaired) electrons. The van der Waals surface area contributed by atoms with Gasteiger partial charge in [0.05, 0.1) is 7.11 Å². The van der Waals surface area contributed by atoms with Gasteiger partial charge >= 0.3 is 0 Å². The van der Waals surface area contributed by atoms with E-state index in [-0.39, 0.29) is 5.91 Å². The van der Waals surface area contributed by atoms with Crippen molar-refractivity contribution < 1.29 is 14.3 Å². The predicted octanol–water partition coefficient (Wildman–Crippen LogP) is 4.32. The predicted molar refractivity (Wildman–Crippen MR) is 103 cm³/mol. The first-order valence-electron chi connectivity index (χ1n) is 8.75. The number of carbonyl (C=O) groups is 1. The number of ether oxygens (including phenoxy) is 2. The minimum absolute atomic E-state index is 0.114. The SMILES string of the molecule is CC[C@H](Oc1ccc(OC)cc1)C(=O)NCc1ccc2ccccc2c1. The molecular formula is C22H23NO3. The van der Waals surface area contributed by atoms with E-state index in [0.717, 1.165) is 11.3 Å². The second-order valence-corrected chi connectivity index (χ2v) is 6.09. The van der Waals surface area contributed by atoms with Crippen LogP contribution in [0.25, 0.3) is 10.8 Å². The van der Waals surface area contributed by atoms with Crippen LogP contribution < -0.4 is 14.8 Å². The summed E-state index contributed by atoms with van der Waals surface area (Å²) in [4.78, 5) is 12.5. The maximum absolute atomic E-state index is 12.5. The van der Waals surface area contributed by atoms with Gasteiger partial charge in [-0.2, -0.15) is 0 Å².